The van der Waals surface area contributed by atoms with Crippen LogP contribution in [0.1, 0.15) is 39.5 Å². The van der Waals surface area contributed by atoms with Crippen LogP contribution < -0.4 is 10.6 Å². The molecule has 1 aromatic rings. The van der Waals surface area contributed by atoms with Crippen molar-refractivity contribution in [2.75, 3.05) is 23.7 Å². The number of anilines is 2. The maximum atomic E-state index is 13.8. The highest BCUT2D eigenvalue weighted by molar-refractivity contribution is 5.47. The highest BCUT2D eigenvalue weighted by Crippen LogP contribution is 2.32. The van der Waals surface area contributed by atoms with Crippen molar-refractivity contribution in [1.29, 1.82) is 0 Å². The Morgan fingerprint density at radius 1 is 1.33 bits per heavy atom. The Morgan fingerprint density at radius 3 is 2.62 bits per heavy atom. The number of halogens is 2. The number of hydrogen-bond donors (Lipinski definition) is 3. The summed E-state index contributed by atoms with van der Waals surface area (Å²) in [4.78, 5) is 3.91. The monoisotopic (exact) mass is 299 g/mol. The summed E-state index contributed by atoms with van der Waals surface area (Å²) in [5, 5.41) is 16.1. The smallest absolute Gasteiger partial charge is 0.168 e. The summed E-state index contributed by atoms with van der Waals surface area (Å²) in [7, 11) is 0. The van der Waals surface area contributed by atoms with Crippen LogP contribution in [0.5, 0.6) is 0 Å². The van der Waals surface area contributed by atoms with E-state index < -0.39 is 17.2 Å². The van der Waals surface area contributed by atoms with Crippen molar-refractivity contribution in [1.82, 2.24) is 4.98 Å². The molecule has 6 heteroatoms. The van der Waals surface area contributed by atoms with E-state index in [1.54, 1.807) is 0 Å². The number of rotatable bonds is 5. The zero-order chi connectivity index (χ0) is 15.5. The zero-order valence-corrected chi connectivity index (χ0v) is 12.5. The van der Waals surface area contributed by atoms with Gasteiger partial charge in [-0.3, -0.25) is 0 Å². The Morgan fingerprint density at radius 2 is 2.00 bits per heavy atom. The third-order valence-electron chi connectivity index (χ3n) is 3.93. The number of aliphatic hydroxyl groups is 1. The number of aromatic nitrogens is 1. The van der Waals surface area contributed by atoms with Gasteiger partial charge in [0.25, 0.3) is 0 Å². The molecule has 2 unspecified atom stereocenters. The quantitative estimate of drug-likeness (QED) is 0.782. The van der Waals surface area contributed by atoms with Crippen molar-refractivity contribution >= 4 is 11.6 Å². The van der Waals surface area contributed by atoms with Crippen LogP contribution >= 0.6 is 0 Å². The molecule has 0 spiro atoms. The van der Waals surface area contributed by atoms with Crippen LogP contribution in [-0.2, 0) is 0 Å². The molecule has 0 radical (unpaired) electrons. The van der Waals surface area contributed by atoms with Gasteiger partial charge in [0.1, 0.15) is 0 Å². The first-order chi connectivity index (χ1) is 9.93. The average molecular weight is 299 g/mol. The van der Waals surface area contributed by atoms with Crippen LogP contribution in [0.25, 0.3) is 0 Å². The second-order valence-corrected chi connectivity index (χ2v) is 5.96. The Bertz CT molecular complexity index is 498. The summed E-state index contributed by atoms with van der Waals surface area (Å²) in [6.45, 7) is 4.63. The van der Waals surface area contributed by atoms with Crippen LogP contribution in [0.15, 0.2) is 6.07 Å². The number of hydrogen-bond acceptors (Lipinski definition) is 4. The molecule has 1 aromatic heterocycles. The molecule has 1 saturated carbocycles. The Kier molecular flexibility index (Phi) is 4.98. The molecule has 2 rings (SSSR count). The Balaban J connectivity index is 2.07. The van der Waals surface area contributed by atoms with Gasteiger partial charge in [-0.2, -0.15) is 0 Å². The first-order valence-electron chi connectivity index (χ1n) is 7.49. The minimum Gasteiger partial charge on any atom is -0.388 e. The van der Waals surface area contributed by atoms with Crippen molar-refractivity contribution in [2.24, 2.45) is 5.92 Å². The van der Waals surface area contributed by atoms with Gasteiger partial charge < -0.3 is 15.7 Å². The minimum atomic E-state index is -0.849. The van der Waals surface area contributed by atoms with Gasteiger partial charge >= 0.3 is 0 Å². The first-order valence-corrected chi connectivity index (χ1v) is 7.49. The van der Waals surface area contributed by atoms with Crippen molar-refractivity contribution in [2.45, 2.75) is 45.1 Å². The minimum absolute atomic E-state index is 0.0189. The summed E-state index contributed by atoms with van der Waals surface area (Å²) < 4.78 is 27.2. The third-order valence-corrected chi connectivity index (χ3v) is 3.93. The molecule has 0 aliphatic heterocycles. The van der Waals surface area contributed by atoms with E-state index in [2.05, 4.69) is 22.5 Å². The molecule has 1 fully saturated rings. The summed E-state index contributed by atoms with van der Waals surface area (Å²) in [5.74, 6) is -1.02. The van der Waals surface area contributed by atoms with Crippen LogP contribution in [0, 0.1) is 17.6 Å². The molecule has 118 valence electrons. The second kappa shape index (κ2) is 6.56. The fraction of sp³-hybridized carbons (Fsp3) is 0.667. The predicted molar refractivity (Wildman–Crippen MR) is 79.4 cm³/mol. The number of pyridine rings is 1. The van der Waals surface area contributed by atoms with E-state index in [9.17, 15) is 13.9 Å². The average Bonchev–Trinajstić information content (AvgIpc) is 2.40. The highest BCUT2D eigenvalue weighted by Gasteiger charge is 2.32. The van der Waals surface area contributed by atoms with E-state index in [0.29, 0.717) is 25.3 Å². The maximum Gasteiger partial charge on any atom is 0.168 e. The van der Waals surface area contributed by atoms with E-state index in [1.807, 2.05) is 6.92 Å². The molecule has 1 heterocycles. The normalized spacial score (nSPS) is 25.7. The lowest BCUT2D eigenvalue weighted by Gasteiger charge is -2.35. The Hall–Kier alpha value is -1.43. The van der Waals surface area contributed by atoms with Gasteiger partial charge in [0.2, 0.25) is 0 Å². The molecule has 0 aromatic carbocycles. The topological polar surface area (TPSA) is 57.2 Å². The van der Waals surface area contributed by atoms with Gasteiger partial charge in [0.15, 0.2) is 23.3 Å². The van der Waals surface area contributed by atoms with Gasteiger partial charge in [0.05, 0.1) is 5.60 Å². The molecule has 0 saturated heterocycles. The van der Waals surface area contributed by atoms with Gasteiger partial charge in [-0.25, -0.2) is 13.8 Å². The van der Waals surface area contributed by atoms with Crippen molar-refractivity contribution in [3.8, 4) is 0 Å². The fourth-order valence-corrected chi connectivity index (χ4v) is 2.92. The molecule has 21 heavy (non-hydrogen) atoms. The lowest BCUT2D eigenvalue weighted by Crippen LogP contribution is -2.41. The van der Waals surface area contributed by atoms with E-state index in [1.165, 1.54) is 0 Å². The van der Waals surface area contributed by atoms with Crippen LogP contribution in [0.4, 0.5) is 20.4 Å². The van der Waals surface area contributed by atoms with Crippen LogP contribution in [-0.4, -0.2) is 28.8 Å². The van der Waals surface area contributed by atoms with Gasteiger partial charge in [-0.15, -0.1) is 0 Å². The van der Waals surface area contributed by atoms with E-state index >= 15 is 0 Å². The maximum absolute atomic E-state index is 13.8. The summed E-state index contributed by atoms with van der Waals surface area (Å²) in [6, 6.07) is 0.806. The number of nitrogens with one attached hydrogen (secondary N) is 2. The largest absolute Gasteiger partial charge is 0.388 e. The van der Waals surface area contributed by atoms with Crippen LogP contribution in [0.2, 0.25) is 0 Å². The summed E-state index contributed by atoms with van der Waals surface area (Å²) in [6.07, 6.45) is 3.44. The molecular weight excluding hydrogens is 276 g/mol. The van der Waals surface area contributed by atoms with Gasteiger partial charge in [0, 0.05) is 19.2 Å². The molecular formula is C15H23F2N3O. The predicted octanol–water partition coefficient (Wildman–Crippen LogP) is 3.14. The summed E-state index contributed by atoms with van der Waals surface area (Å²) in [5.41, 5.74) is -0.849. The summed E-state index contributed by atoms with van der Waals surface area (Å²) >= 11 is 0. The van der Waals surface area contributed by atoms with E-state index in [-0.39, 0.29) is 18.2 Å². The molecule has 0 bridgehead atoms. The number of nitrogens with zero attached hydrogens (tertiary/aromatic N) is 1. The van der Waals surface area contributed by atoms with E-state index in [4.69, 9.17) is 0 Å². The molecule has 1 aliphatic carbocycles. The standard InChI is InChI=1S/C15H23F2N3O/c1-3-18-13-11(16)7-12(17)14(20-13)19-9-15(21)6-4-5-10(2)8-15/h7,10,21H,3-6,8-9H2,1-2H3,(H2,18,19,20). The first kappa shape index (κ1) is 15.9. The van der Waals surface area contributed by atoms with Gasteiger partial charge in [-0.1, -0.05) is 19.8 Å². The molecule has 0 amide bonds. The lowest BCUT2D eigenvalue weighted by molar-refractivity contribution is -0.000870. The molecule has 4 nitrogen and oxygen atoms in total. The zero-order valence-electron chi connectivity index (χ0n) is 12.5. The lowest BCUT2D eigenvalue weighted by atomic mass is 9.79. The van der Waals surface area contributed by atoms with Crippen molar-refractivity contribution in [3.05, 3.63) is 17.7 Å². The van der Waals surface area contributed by atoms with Crippen molar-refractivity contribution in [3.63, 3.8) is 0 Å². The molecule has 1 aliphatic rings. The highest BCUT2D eigenvalue weighted by atomic mass is 19.1. The second-order valence-electron chi connectivity index (χ2n) is 5.96. The Labute approximate surface area is 124 Å². The van der Waals surface area contributed by atoms with E-state index in [0.717, 1.165) is 18.9 Å². The van der Waals surface area contributed by atoms with Crippen molar-refractivity contribution < 1.29 is 13.9 Å². The molecule has 2 atom stereocenters. The van der Waals surface area contributed by atoms with Crippen LogP contribution in [0.3, 0.4) is 0 Å². The molecule has 3 N–H and O–H groups in total. The fourth-order valence-electron chi connectivity index (χ4n) is 2.92. The third kappa shape index (κ3) is 4.03. The van der Waals surface area contributed by atoms with Gasteiger partial charge in [-0.05, 0) is 25.7 Å². The SMILES string of the molecule is CCNc1nc(NCC2(O)CCCC(C)C2)c(F)cc1F.